The predicted molar refractivity (Wildman–Crippen MR) is 124 cm³/mol. The van der Waals surface area contributed by atoms with E-state index in [-0.39, 0.29) is 5.91 Å². The molecule has 0 saturated carbocycles. The van der Waals surface area contributed by atoms with Crippen LogP contribution >= 0.6 is 24.0 Å². The second kappa shape index (κ2) is 9.94. The van der Waals surface area contributed by atoms with Gasteiger partial charge in [-0.2, -0.15) is 0 Å². The molecule has 3 rings (SSSR count). The molecule has 1 fully saturated rings. The summed E-state index contributed by atoms with van der Waals surface area (Å²) in [6.07, 6.45) is 2.65. The first-order chi connectivity index (χ1) is 14.0. The topological polar surface area (TPSA) is 38.8 Å². The van der Waals surface area contributed by atoms with Gasteiger partial charge in [0.1, 0.15) is 15.8 Å². The third-order valence-electron chi connectivity index (χ3n) is 4.37. The SMILES string of the molecule is CCN1C(=O)/C(=C\c2cccc(OCCCOc3cc(C)cc(C)c3)c2)SC1=S. The molecule has 1 amide bonds. The van der Waals surface area contributed by atoms with E-state index in [1.165, 1.54) is 22.9 Å². The summed E-state index contributed by atoms with van der Waals surface area (Å²) >= 11 is 6.60. The number of carbonyl (C=O) groups is 1. The first-order valence-electron chi connectivity index (χ1n) is 9.65. The molecule has 1 aliphatic rings. The molecule has 0 atom stereocenters. The number of benzene rings is 2. The van der Waals surface area contributed by atoms with Crippen LogP contribution in [0.25, 0.3) is 6.08 Å². The lowest BCUT2D eigenvalue weighted by molar-refractivity contribution is -0.121. The molecule has 4 nitrogen and oxygen atoms in total. The van der Waals surface area contributed by atoms with Crippen molar-refractivity contribution in [3.8, 4) is 11.5 Å². The van der Waals surface area contributed by atoms with Crippen LogP contribution in [0.1, 0.15) is 30.0 Å². The summed E-state index contributed by atoms with van der Waals surface area (Å²) in [5.74, 6) is 1.64. The lowest BCUT2D eigenvalue weighted by Gasteiger charge is -2.10. The Morgan fingerprint density at radius 2 is 1.72 bits per heavy atom. The van der Waals surface area contributed by atoms with Crippen molar-refractivity contribution in [1.82, 2.24) is 4.90 Å². The summed E-state index contributed by atoms with van der Waals surface area (Å²) in [7, 11) is 0. The normalized spacial score (nSPS) is 15.3. The van der Waals surface area contributed by atoms with Gasteiger partial charge in [0.15, 0.2) is 0 Å². The van der Waals surface area contributed by atoms with Crippen LogP contribution in [0.15, 0.2) is 47.4 Å². The molecule has 0 aromatic heterocycles. The maximum absolute atomic E-state index is 12.3. The van der Waals surface area contributed by atoms with Crippen molar-refractivity contribution in [2.75, 3.05) is 19.8 Å². The van der Waals surface area contributed by atoms with Gasteiger partial charge in [-0.15, -0.1) is 0 Å². The van der Waals surface area contributed by atoms with Crippen molar-refractivity contribution in [2.24, 2.45) is 0 Å². The van der Waals surface area contributed by atoms with E-state index in [1.807, 2.05) is 49.4 Å². The molecule has 0 spiro atoms. The zero-order valence-corrected chi connectivity index (χ0v) is 18.6. The highest BCUT2D eigenvalue weighted by Gasteiger charge is 2.30. The highest BCUT2D eigenvalue weighted by atomic mass is 32.2. The van der Waals surface area contributed by atoms with E-state index in [2.05, 4.69) is 19.9 Å². The van der Waals surface area contributed by atoms with Crippen LogP contribution in [0.2, 0.25) is 0 Å². The molecular formula is C23H25NO3S2. The van der Waals surface area contributed by atoms with E-state index < -0.39 is 0 Å². The van der Waals surface area contributed by atoms with Gasteiger partial charge in [-0.25, -0.2) is 0 Å². The highest BCUT2D eigenvalue weighted by Crippen LogP contribution is 2.32. The molecule has 2 aromatic carbocycles. The number of likely N-dealkylation sites (N-methyl/N-ethyl adjacent to an activating group) is 1. The third kappa shape index (κ3) is 5.84. The Hall–Kier alpha value is -2.31. The van der Waals surface area contributed by atoms with Gasteiger partial charge < -0.3 is 9.47 Å². The van der Waals surface area contributed by atoms with E-state index in [1.54, 1.807) is 4.90 Å². The molecule has 1 saturated heterocycles. The standard InChI is InChI=1S/C23H25NO3S2/c1-4-24-22(25)21(29-23(24)28)15-18-7-5-8-19(14-18)26-9-6-10-27-20-12-16(2)11-17(3)13-20/h5,7-8,11-15H,4,6,9-10H2,1-3H3/b21-15+. The zero-order chi connectivity index (χ0) is 20.8. The van der Waals surface area contributed by atoms with Gasteiger partial charge in [0.05, 0.1) is 18.1 Å². The van der Waals surface area contributed by atoms with E-state index in [9.17, 15) is 4.79 Å². The summed E-state index contributed by atoms with van der Waals surface area (Å²) in [5, 5.41) is 0. The second-order valence-corrected chi connectivity index (χ2v) is 8.55. The van der Waals surface area contributed by atoms with Gasteiger partial charge in [-0.3, -0.25) is 9.69 Å². The van der Waals surface area contributed by atoms with Gasteiger partial charge in [0.2, 0.25) is 0 Å². The number of hydrogen-bond acceptors (Lipinski definition) is 5. The van der Waals surface area contributed by atoms with Crippen molar-refractivity contribution in [3.63, 3.8) is 0 Å². The third-order valence-corrected chi connectivity index (χ3v) is 5.74. The number of thioether (sulfide) groups is 1. The van der Waals surface area contributed by atoms with Gasteiger partial charge in [0.25, 0.3) is 5.91 Å². The highest BCUT2D eigenvalue weighted by molar-refractivity contribution is 8.26. The maximum Gasteiger partial charge on any atom is 0.266 e. The van der Waals surface area contributed by atoms with Gasteiger partial charge in [-0.1, -0.05) is 42.2 Å². The Balaban J connectivity index is 1.51. The van der Waals surface area contributed by atoms with Crippen LogP contribution < -0.4 is 9.47 Å². The molecule has 29 heavy (non-hydrogen) atoms. The van der Waals surface area contributed by atoms with Crippen molar-refractivity contribution in [1.29, 1.82) is 0 Å². The molecule has 152 valence electrons. The minimum Gasteiger partial charge on any atom is -0.493 e. The first kappa shape index (κ1) is 21.4. The van der Waals surface area contributed by atoms with Crippen LogP contribution in [-0.4, -0.2) is 34.9 Å². The average Bonchev–Trinajstić information content (AvgIpc) is 2.93. The second-order valence-electron chi connectivity index (χ2n) is 6.87. The molecular weight excluding hydrogens is 402 g/mol. The van der Waals surface area contributed by atoms with E-state index >= 15 is 0 Å². The molecule has 0 radical (unpaired) electrons. The lowest BCUT2D eigenvalue weighted by atomic mass is 10.1. The fourth-order valence-corrected chi connectivity index (χ4v) is 4.46. The van der Waals surface area contributed by atoms with Crippen LogP contribution in [0, 0.1) is 13.8 Å². The van der Waals surface area contributed by atoms with Crippen molar-refractivity contribution >= 4 is 40.3 Å². The number of carbonyl (C=O) groups excluding carboxylic acids is 1. The molecule has 6 heteroatoms. The number of rotatable bonds is 8. The fraction of sp³-hybridized carbons (Fsp3) is 0.304. The van der Waals surface area contributed by atoms with Crippen LogP contribution in [0.3, 0.4) is 0 Å². The molecule has 0 aliphatic carbocycles. The van der Waals surface area contributed by atoms with E-state index in [0.717, 1.165) is 23.5 Å². The maximum atomic E-state index is 12.3. The minimum atomic E-state index is -0.0302. The Bertz CT molecular complexity index is 919. The number of hydrogen-bond donors (Lipinski definition) is 0. The number of ether oxygens (including phenoxy) is 2. The average molecular weight is 428 g/mol. The van der Waals surface area contributed by atoms with Crippen molar-refractivity contribution < 1.29 is 14.3 Å². The number of thiocarbonyl (C=S) groups is 1. The summed E-state index contributed by atoms with van der Waals surface area (Å²) in [4.78, 5) is 14.6. The quantitative estimate of drug-likeness (QED) is 0.322. The number of aryl methyl sites for hydroxylation is 2. The number of nitrogens with zero attached hydrogens (tertiary/aromatic N) is 1. The van der Waals surface area contributed by atoms with E-state index in [4.69, 9.17) is 21.7 Å². The lowest BCUT2D eigenvalue weighted by Crippen LogP contribution is -2.27. The largest absolute Gasteiger partial charge is 0.493 e. The monoisotopic (exact) mass is 427 g/mol. The zero-order valence-electron chi connectivity index (χ0n) is 16.9. The molecule has 1 heterocycles. The van der Waals surface area contributed by atoms with Gasteiger partial charge in [-0.05, 0) is 67.8 Å². The Labute approximate surface area is 181 Å². The predicted octanol–water partition coefficient (Wildman–Crippen LogP) is 5.37. The Kier molecular flexibility index (Phi) is 7.34. The Morgan fingerprint density at radius 3 is 2.38 bits per heavy atom. The summed E-state index contributed by atoms with van der Waals surface area (Å²) < 4.78 is 12.3. The minimum absolute atomic E-state index is 0.0302. The van der Waals surface area contributed by atoms with Crippen LogP contribution in [0.5, 0.6) is 11.5 Å². The first-order valence-corrected chi connectivity index (χ1v) is 10.9. The summed E-state index contributed by atoms with van der Waals surface area (Å²) in [5.41, 5.74) is 3.32. The Morgan fingerprint density at radius 1 is 1.03 bits per heavy atom. The van der Waals surface area contributed by atoms with Crippen molar-refractivity contribution in [2.45, 2.75) is 27.2 Å². The molecule has 1 aliphatic heterocycles. The van der Waals surface area contributed by atoms with Gasteiger partial charge in [0, 0.05) is 13.0 Å². The van der Waals surface area contributed by atoms with E-state index in [0.29, 0.717) is 29.0 Å². The molecule has 0 unspecified atom stereocenters. The fourth-order valence-electron chi connectivity index (χ4n) is 3.07. The van der Waals surface area contributed by atoms with Crippen LogP contribution in [-0.2, 0) is 4.79 Å². The molecule has 2 aromatic rings. The summed E-state index contributed by atoms with van der Waals surface area (Å²) in [6, 6.07) is 13.9. The van der Waals surface area contributed by atoms with Gasteiger partial charge >= 0.3 is 0 Å². The van der Waals surface area contributed by atoms with Crippen LogP contribution in [0.4, 0.5) is 0 Å². The number of amides is 1. The summed E-state index contributed by atoms with van der Waals surface area (Å²) in [6.45, 7) is 7.81. The van der Waals surface area contributed by atoms with Crippen molar-refractivity contribution in [3.05, 3.63) is 64.1 Å². The smallest absolute Gasteiger partial charge is 0.266 e. The molecule has 0 bridgehead atoms. The molecule has 0 N–H and O–H groups in total.